The van der Waals surface area contributed by atoms with Crippen molar-refractivity contribution in [3.8, 4) is 12.3 Å². The van der Waals surface area contributed by atoms with E-state index in [1.165, 1.54) is 0 Å². The number of terminal acetylenes is 1. The summed E-state index contributed by atoms with van der Waals surface area (Å²) in [6, 6.07) is 0.420. The van der Waals surface area contributed by atoms with Gasteiger partial charge in [0.25, 0.3) is 0 Å². The normalized spacial score (nSPS) is 16.4. The lowest BCUT2D eigenvalue weighted by atomic mass is 10.1. The Morgan fingerprint density at radius 1 is 1.62 bits per heavy atom. The molecule has 1 amide bonds. The molecular formula is C10H16N2O. The number of amides is 1. The molecule has 3 heteroatoms. The van der Waals surface area contributed by atoms with Crippen LogP contribution in [0, 0.1) is 12.3 Å². The van der Waals surface area contributed by atoms with Crippen molar-refractivity contribution in [1.82, 2.24) is 10.6 Å². The summed E-state index contributed by atoms with van der Waals surface area (Å²) in [7, 11) is 0. The van der Waals surface area contributed by atoms with Crippen LogP contribution in [-0.2, 0) is 4.79 Å². The zero-order chi connectivity index (χ0) is 9.90. The number of hydrogen-bond donors (Lipinski definition) is 2. The Morgan fingerprint density at radius 3 is 2.69 bits per heavy atom. The fourth-order valence-electron chi connectivity index (χ4n) is 0.859. The third-order valence-electron chi connectivity index (χ3n) is 1.99. The summed E-state index contributed by atoms with van der Waals surface area (Å²) < 4.78 is 0. The van der Waals surface area contributed by atoms with Crippen molar-refractivity contribution in [1.29, 1.82) is 0 Å². The van der Waals surface area contributed by atoms with E-state index < -0.39 is 5.54 Å². The van der Waals surface area contributed by atoms with E-state index >= 15 is 0 Å². The van der Waals surface area contributed by atoms with Crippen molar-refractivity contribution in [3.63, 3.8) is 0 Å². The highest BCUT2D eigenvalue weighted by molar-refractivity contribution is 5.78. The molecule has 13 heavy (non-hydrogen) atoms. The first-order valence-electron chi connectivity index (χ1n) is 4.56. The molecule has 1 saturated carbocycles. The number of carbonyl (C=O) groups is 1. The maximum absolute atomic E-state index is 11.2. The molecule has 0 aromatic heterocycles. The van der Waals surface area contributed by atoms with E-state index in [0.29, 0.717) is 12.6 Å². The van der Waals surface area contributed by atoms with Gasteiger partial charge in [-0.25, -0.2) is 0 Å². The SMILES string of the molecule is C#CC(C)(C)NCC(=O)NC1CC1. The van der Waals surface area contributed by atoms with Gasteiger partial charge in [-0.3, -0.25) is 10.1 Å². The molecule has 0 aromatic rings. The largest absolute Gasteiger partial charge is 0.352 e. The Hall–Kier alpha value is -1.01. The fraction of sp³-hybridized carbons (Fsp3) is 0.700. The Kier molecular flexibility index (Phi) is 2.94. The van der Waals surface area contributed by atoms with Gasteiger partial charge in [-0.05, 0) is 26.7 Å². The maximum Gasteiger partial charge on any atom is 0.234 e. The molecule has 1 fully saturated rings. The molecule has 0 aromatic carbocycles. The molecular weight excluding hydrogens is 164 g/mol. The van der Waals surface area contributed by atoms with Crippen LogP contribution in [0.2, 0.25) is 0 Å². The second-order valence-corrected chi connectivity index (χ2v) is 3.96. The van der Waals surface area contributed by atoms with E-state index in [9.17, 15) is 4.79 Å². The standard InChI is InChI=1S/C10H16N2O/c1-4-10(2,3)11-7-9(13)12-8-5-6-8/h1,8,11H,5-7H2,2-3H3,(H,12,13). The Morgan fingerprint density at radius 2 is 2.23 bits per heavy atom. The predicted octanol–water partition coefficient (Wildman–Crippen LogP) is 0.266. The smallest absolute Gasteiger partial charge is 0.234 e. The van der Waals surface area contributed by atoms with Crippen LogP contribution >= 0.6 is 0 Å². The van der Waals surface area contributed by atoms with Crippen molar-refractivity contribution in [2.75, 3.05) is 6.54 Å². The first-order valence-corrected chi connectivity index (χ1v) is 4.56. The first-order chi connectivity index (χ1) is 6.03. The summed E-state index contributed by atoms with van der Waals surface area (Å²) >= 11 is 0. The van der Waals surface area contributed by atoms with Crippen molar-refractivity contribution in [2.45, 2.75) is 38.3 Å². The van der Waals surface area contributed by atoms with E-state index in [1.807, 2.05) is 13.8 Å². The van der Waals surface area contributed by atoms with Crippen LogP contribution < -0.4 is 10.6 Å². The minimum atomic E-state index is -0.402. The van der Waals surface area contributed by atoms with Crippen LogP contribution in [0.5, 0.6) is 0 Å². The molecule has 0 heterocycles. The van der Waals surface area contributed by atoms with Crippen LogP contribution in [0.25, 0.3) is 0 Å². The van der Waals surface area contributed by atoms with Crippen molar-refractivity contribution >= 4 is 5.91 Å². The van der Waals surface area contributed by atoms with Gasteiger partial charge in [-0.2, -0.15) is 0 Å². The fourth-order valence-corrected chi connectivity index (χ4v) is 0.859. The molecule has 2 N–H and O–H groups in total. The molecule has 0 spiro atoms. The van der Waals surface area contributed by atoms with Crippen LogP contribution in [0.15, 0.2) is 0 Å². The minimum Gasteiger partial charge on any atom is -0.352 e. The van der Waals surface area contributed by atoms with Gasteiger partial charge >= 0.3 is 0 Å². The lowest BCUT2D eigenvalue weighted by Crippen LogP contribution is -2.44. The van der Waals surface area contributed by atoms with Crippen molar-refractivity contribution in [2.24, 2.45) is 0 Å². The van der Waals surface area contributed by atoms with Crippen LogP contribution in [-0.4, -0.2) is 24.0 Å². The lowest BCUT2D eigenvalue weighted by molar-refractivity contribution is -0.120. The van der Waals surface area contributed by atoms with Gasteiger partial charge in [0.15, 0.2) is 0 Å². The number of rotatable bonds is 4. The summed E-state index contributed by atoms with van der Waals surface area (Å²) in [5, 5.41) is 5.87. The van der Waals surface area contributed by atoms with E-state index in [-0.39, 0.29) is 5.91 Å². The molecule has 0 unspecified atom stereocenters. The van der Waals surface area contributed by atoms with Gasteiger partial charge < -0.3 is 5.32 Å². The average molecular weight is 180 g/mol. The number of hydrogen-bond acceptors (Lipinski definition) is 2. The number of carbonyl (C=O) groups excluding carboxylic acids is 1. The van der Waals surface area contributed by atoms with Crippen molar-refractivity contribution in [3.05, 3.63) is 0 Å². The molecule has 1 aliphatic carbocycles. The Balaban J connectivity index is 2.17. The minimum absolute atomic E-state index is 0.0332. The van der Waals surface area contributed by atoms with Crippen LogP contribution in [0.3, 0.4) is 0 Å². The van der Waals surface area contributed by atoms with Gasteiger partial charge in [0.05, 0.1) is 12.1 Å². The predicted molar refractivity (Wildman–Crippen MR) is 52.1 cm³/mol. The Bertz CT molecular complexity index is 236. The highest BCUT2D eigenvalue weighted by atomic mass is 16.2. The molecule has 0 radical (unpaired) electrons. The first kappa shape index (κ1) is 10.1. The zero-order valence-electron chi connectivity index (χ0n) is 8.18. The molecule has 0 saturated heterocycles. The Labute approximate surface area is 79.3 Å². The third-order valence-corrected chi connectivity index (χ3v) is 1.99. The van der Waals surface area contributed by atoms with Gasteiger partial charge in [0, 0.05) is 6.04 Å². The van der Waals surface area contributed by atoms with Crippen LogP contribution in [0.1, 0.15) is 26.7 Å². The van der Waals surface area contributed by atoms with Gasteiger partial charge in [-0.1, -0.05) is 5.92 Å². The molecule has 0 atom stereocenters. The summed E-state index contributed by atoms with van der Waals surface area (Å²) in [4.78, 5) is 11.2. The van der Waals surface area contributed by atoms with E-state index in [1.54, 1.807) is 0 Å². The maximum atomic E-state index is 11.2. The second-order valence-electron chi connectivity index (χ2n) is 3.96. The third kappa shape index (κ3) is 3.95. The molecule has 1 aliphatic rings. The lowest BCUT2D eigenvalue weighted by Gasteiger charge is -2.18. The zero-order valence-corrected chi connectivity index (χ0v) is 8.18. The second kappa shape index (κ2) is 3.80. The van der Waals surface area contributed by atoms with E-state index in [0.717, 1.165) is 12.8 Å². The molecule has 0 aliphatic heterocycles. The quantitative estimate of drug-likeness (QED) is 0.610. The highest BCUT2D eigenvalue weighted by Crippen LogP contribution is 2.18. The van der Waals surface area contributed by atoms with Gasteiger partial charge in [-0.15, -0.1) is 6.42 Å². The highest BCUT2D eigenvalue weighted by Gasteiger charge is 2.23. The van der Waals surface area contributed by atoms with E-state index in [2.05, 4.69) is 16.6 Å². The summed E-state index contributed by atoms with van der Waals surface area (Å²) in [5.41, 5.74) is -0.402. The van der Waals surface area contributed by atoms with Crippen LogP contribution in [0.4, 0.5) is 0 Å². The van der Waals surface area contributed by atoms with Crippen molar-refractivity contribution < 1.29 is 4.79 Å². The summed E-state index contributed by atoms with van der Waals surface area (Å²) in [5.74, 6) is 2.61. The number of nitrogens with one attached hydrogen (secondary N) is 2. The van der Waals surface area contributed by atoms with E-state index in [4.69, 9.17) is 6.42 Å². The average Bonchev–Trinajstić information content (AvgIpc) is 2.85. The summed E-state index contributed by atoms with van der Waals surface area (Å²) in [6.45, 7) is 4.04. The molecule has 72 valence electrons. The van der Waals surface area contributed by atoms with Gasteiger partial charge in [0.1, 0.15) is 0 Å². The van der Waals surface area contributed by atoms with Gasteiger partial charge in [0.2, 0.25) is 5.91 Å². The summed E-state index contributed by atoms with van der Waals surface area (Å²) in [6.07, 6.45) is 7.49. The molecule has 1 rings (SSSR count). The molecule has 0 bridgehead atoms. The molecule has 3 nitrogen and oxygen atoms in total. The monoisotopic (exact) mass is 180 g/mol. The topological polar surface area (TPSA) is 41.1 Å².